The summed E-state index contributed by atoms with van der Waals surface area (Å²) in [4.78, 5) is 0. The van der Waals surface area contributed by atoms with E-state index in [2.05, 4.69) is 0 Å². The molecule has 106 valence electrons. The number of hydrogen-bond acceptors (Lipinski definition) is 3. The fourth-order valence-corrected chi connectivity index (χ4v) is 2.66. The minimum atomic E-state index is -3.58. The Hall–Kier alpha value is -0.880. The van der Waals surface area contributed by atoms with E-state index in [9.17, 15) is 13.5 Å². The molecule has 0 spiro atoms. The molecule has 19 heavy (non-hydrogen) atoms. The molecule has 0 aromatic heterocycles. The third-order valence-corrected chi connectivity index (χ3v) is 4.91. The molecule has 0 saturated heterocycles. The summed E-state index contributed by atoms with van der Waals surface area (Å²) in [6, 6.07) is 6.83. The van der Waals surface area contributed by atoms with Gasteiger partial charge in [-0.2, -0.15) is 4.31 Å². The fourth-order valence-electron chi connectivity index (χ4n) is 1.27. The zero-order chi connectivity index (χ0) is 14.7. The van der Waals surface area contributed by atoms with Crippen molar-refractivity contribution in [2.75, 3.05) is 13.7 Å². The van der Waals surface area contributed by atoms with Crippen LogP contribution < -0.4 is 0 Å². The Bertz CT molecular complexity index is 550. The normalized spacial score (nSPS) is 13.4. The van der Waals surface area contributed by atoms with E-state index in [0.717, 1.165) is 15.3 Å². The highest BCUT2D eigenvalue weighted by Gasteiger charge is 2.30. The smallest absolute Gasteiger partial charge is 0.236 e. The maximum atomic E-state index is 12.1. The molecule has 0 aliphatic carbocycles. The number of halogens is 1. The van der Waals surface area contributed by atoms with Crippen LogP contribution in [0.5, 0.6) is 0 Å². The van der Waals surface area contributed by atoms with Crippen LogP contribution in [0.2, 0.25) is 5.02 Å². The van der Waals surface area contributed by atoms with Crippen LogP contribution in [0, 0.1) is 0 Å². The highest BCUT2D eigenvalue weighted by Crippen LogP contribution is 2.18. The second-order valence-electron chi connectivity index (χ2n) is 4.84. The molecule has 0 aliphatic heterocycles. The van der Waals surface area contributed by atoms with Crippen LogP contribution in [0.15, 0.2) is 29.7 Å². The molecule has 4 nitrogen and oxygen atoms in total. The quantitative estimate of drug-likeness (QED) is 0.908. The Morgan fingerprint density at radius 1 is 1.32 bits per heavy atom. The van der Waals surface area contributed by atoms with Gasteiger partial charge in [-0.15, -0.1) is 0 Å². The van der Waals surface area contributed by atoms with Gasteiger partial charge in [0.05, 0.1) is 12.1 Å². The summed E-state index contributed by atoms with van der Waals surface area (Å²) < 4.78 is 25.3. The van der Waals surface area contributed by atoms with E-state index in [-0.39, 0.29) is 6.61 Å². The second-order valence-corrected chi connectivity index (χ2v) is 7.12. The van der Waals surface area contributed by atoms with E-state index >= 15 is 0 Å². The molecule has 1 N–H and O–H groups in total. The number of sulfonamides is 1. The molecule has 0 saturated carbocycles. The van der Waals surface area contributed by atoms with E-state index in [1.807, 2.05) is 0 Å². The topological polar surface area (TPSA) is 57.6 Å². The Labute approximate surface area is 119 Å². The second kappa shape index (κ2) is 6.05. The molecule has 0 unspecified atom stereocenters. The number of hydrogen-bond donors (Lipinski definition) is 1. The molecule has 0 atom stereocenters. The van der Waals surface area contributed by atoms with Gasteiger partial charge in [-0.25, -0.2) is 8.42 Å². The predicted octanol–water partition coefficient (Wildman–Crippen LogP) is 2.34. The summed E-state index contributed by atoms with van der Waals surface area (Å²) in [6.07, 6.45) is 1.50. The van der Waals surface area contributed by atoms with Crippen LogP contribution >= 0.6 is 11.6 Å². The third kappa shape index (κ3) is 4.31. The largest absolute Gasteiger partial charge is 0.394 e. The Morgan fingerprint density at radius 3 is 2.32 bits per heavy atom. The molecule has 0 aliphatic rings. The van der Waals surface area contributed by atoms with Crippen LogP contribution in [0.4, 0.5) is 0 Å². The van der Waals surface area contributed by atoms with Gasteiger partial charge in [0.25, 0.3) is 0 Å². The lowest BCUT2D eigenvalue weighted by molar-refractivity contribution is 0.139. The van der Waals surface area contributed by atoms with Crippen molar-refractivity contribution in [3.63, 3.8) is 0 Å². The van der Waals surface area contributed by atoms with E-state index < -0.39 is 15.6 Å². The molecule has 6 heteroatoms. The first kappa shape index (κ1) is 16.2. The zero-order valence-corrected chi connectivity index (χ0v) is 12.7. The lowest BCUT2D eigenvalue weighted by Gasteiger charge is -2.31. The first-order chi connectivity index (χ1) is 8.69. The van der Waals surface area contributed by atoms with Crippen molar-refractivity contribution in [1.82, 2.24) is 4.31 Å². The highest BCUT2D eigenvalue weighted by molar-refractivity contribution is 7.92. The monoisotopic (exact) mass is 303 g/mol. The number of aliphatic hydroxyl groups is 1. The lowest BCUT2D eigenvalue weighted by Crippen LogP contribution is -2.46. The molecule has 1 aromatic rings. The summed E-state index contributed by atoms with van der Waals surface area (Å²) in [6.45, 7) is 3.05. The Morgan fingerprint density at radius 2 is 1.84 bits per heavy atom. The highest BCUT2D eigenvalue weighted by atomic mass is 35.5. The summed E-state index contributed by atoms with van der Waals surface area (Å²) in [5.74, 6) is 0. The maximum Gasteiger partial charge on any atom is 0.236 e. The van der Waals surface area contributed by atoms with Crippen LogP contribution in [-0.4, -0.2) is 37.0 Å². The number of likely N-dealkylation sites (N-methyl/N-ethyl adjacent to an activating group) is 1. The van der Waals surface area contributed by atoms with Crippen molar-refractivity contribution in [2.45, 2.75) is 19.4 Å². The van der Waals surface area contributed by atoms with Crippen molar-refractivity contribution >= 4 is 27.7 Å². The molecule has 1 aromatic carbocycles. The zero-order valence-electron chi connectivity index (χ0n) is 11.2. The molecule has 0 radical (unpaired) electrons. The number of nitrogens with zero attached hydrogens (tertiary/aromatic N) is 1. The maximum absolute atomic E-state index is 12.1. The van der Waals surface area contributed by atoms with Crippen molar-refractivity contribution in [1.29, 1.82) is 0 Å². The number of benzene rings is 1. The Balaban J connectivity index is 2.94. The summed E-state index contributed by atoms with van der Waals surface area (Å²) >= 11 is 5.75. The summed E-state index contributed by atoms with van der Waals surface area (Å²) in [5, 5.41) is 10.9. The number of aliphatic hydroxyl groups excluding tert-OH is 1. The molecular weight excluding hydrogens is 286 g/mol. The molecule has 0 bridgehead atoms. The van der Waals surface area contributed by atoms with Gasteiger partial charge >= 0.3 is 0 Å². The standard InChI is InChI=1S/C13H18ClNO3S/c1-13(2,10-16)15(3)19(17,18)9-8-11-4-6-12(14)7-5-11/h4-9,16H,10H2,1-3H3/b9-8+. The van der Waals surface area contributed by atoms with Gasteiger partial charge in [0.15, 0.2) is 0 Å². The summed E-state index contributed by atoms with van der Waals surface area (Å²) in [7, 11) is -2.14. The summed E-state index contributed by atoms with van der Waals surface area (Å²) in [5.41, 5.74) is -0.105. The van der Waals surface area contributed by atoms with Gasteiger partial charge in [-0.1, -0.05) is 23.7 Å². The van der Waals surface area contributed by atoms with Gasteiger partial charge in [0.1, 0.15) is 0 Å². The minimum absolute atomic E-state index is 0.252. The SMILES string of the molecule is CN(C(C)(C)CO)S(=O)(=O)/C=C/c1ccc(Cl)cc1. The van der Waals surface area contributed by atoms with Gasteiger partial charge in [0, 0.05) is 17.5 Å². The van der Waals surface area contributed by atoms with Gasteiger partial charge in [0.2, 0.25) is 10.0 Å². The number of rotatable bonds is 5. The van der Waals surface area contributed by atoms with E-state index in [1.54, 1.807) is 38.1 Å². The predicted molar refractivity (Wildman–Crippen MR) is 78.3 cm³/mol. The average Bonchev–Trinajstić information content (AvgIpc) is 2.37. The van der Waals surface area contributed by atoms with Crippen molar-refractivity contribution in [3.8, 4) is 0 Å². The van der Waals surface area contributed by atoms with Crippen molar-refractivity contribution < 1.29 is 13.5 Å². The van der Waals surface area contributed by atoms with Crippen LogP contribution in [0.3, 0.4) is 0 Å². The van der Waals surface area contributed by atoms with Gasteiger partial charge < -0.3 is 5.11 Å². The fraction of sp³-hybridized carbons (Fsp3) is 0.385. The van der Waals surface area contributed by atoms with Crippen LogP contribution in [0.25, 0.3) is 6.08 Å². The van der Waals surface area contributed by atoms with Gasteiger partial charge in [-0.05, 0) is 37.6 Å². The molecule has 0 amide bonds. The minimum Gasteiger partial charge on any atom is -0.394 e. The van der Waals surface area contributed by atoms with E-state index in [4.69, 9.17) is 11.6 Å². The van der Waals surface area contributed by atoms with Gasteiger partial charge in [-0.3, -0.25) is 0 Å². The van der Waals surface area contributed by atoms with Crippen molar-refractivity contribution in [2.24, 2.45) is 0 Å². The van der Waals surface area contributed by atoms with Crippen LogP contribution in [-0.2, 0) is 10.0 Å². The first-order valence-electron chi connectivity index (χ1n) is 5.72. The molecular formula is C13H18ClNO3S. The average molecular weight is 304 g/mol. The molecule has 1 rings (SSSR count). The third-order valence-electron chi connectivity index (χ3n) is 2.92. The van der Waals surface area contributed by atoms with Crippen molar-refractivity contribution in [3.05, 3.63) is 40.3 Å². The van der Waals surface area contributed by atoms with Crippen LogP contribution in [0.1, 0.15) is 19.4 Å². The van der Waals surface area contributed by atoms with E-state index in [1.165, 1.54) is 13.1 Å². The molecule has 0 fully saturated rings. The Kier molecular flexibility index (Phi) is 5.15. The lowest BCUT2D eigenvalue weighted by atomic mass is 10.1. The first-order valence-corrected chi connectivity index (χ1v) is 7.61. The van der Waals surface area contributed by atoms with E-state index in [0.29, 0.717) is 5.02 Å². The molecule has 0 heterocycles.